The summed E-state index contributed by atoms with van der Waals surface area (Å²) in [5.74, 6) is 0.661. The van der Waals surface area contributed by atoms with E-state index in [1.807, 2.05) is 20.8 Å². The topological polar surface area (TPSA) is 99.0 Å². The van der Waals surface area contributed by atoms with E-state index >= 15 is 0 Å². The van der Waals surface area contributed by atoms with E-state index in [4.69, 9.17) is 9.47 Å². The molecule has 1 heterocycles. The first-order valence-electron chi connectivity index (χ1n) is 10.2. The molecule has 1 aliphatic rings. The Labute approximate surface area is 190 Å². The van der Waals surface area contributed by atoms with Gasteiger partial charge in [0.25, 0.3) is 16.8 Å². The molecule has 3 rings (SSSR count). The number of hydrogen-bond donors (Lipinski definition) is 0. The molecule has 8 nitrogen and oxygen atoms in total. The van der Waals surface area contributed by atoms with Crippen molar-refractivity contribution in [2.45, 2.75) is 39.8 Å². The van der Waals surface area contributed by atoms with Crippen LogP contribution >= 0.6 is 11.8 Å². The lowest BCUT2D eigenvalue weighted by molar-refractivity contribution is -0.384. The Morgan fingerprint density at radius 1 is 1.12 bits per heavy atom. The molecule has 0 aliphatic carbocycles. The zero-order chi connectivity index (χ0) is 23.3. The lowest BCUT2D eigenvalue weighted by Crippen LogP contribution is -2.36. The summed E-state index contributed by atoms with van der Waals surface area (Å²) in [5, 5.41) is 10.7. The molecule has 2 amide bonds. The molecule has 9 heteroatoms. The minimum Gasteiger partial charge on any atom is -0.490 e. The molecular formula is C23H24N2O6S. The smallest absolute Gasteiger partial charge is 0.293 e. The zero-order valence-corrected chi connectivity index (χ0v) is 18.9. The fourth-order valence-electron chi connectivity index (χ4n) is 3.12. The van der Waals surface area contributed by atoms with Crippen LogP contribution in [-0.4, -0.2) is 33.6 Å². The van der Waals surface area contributed by atoms with Crippen LogP contribution in [0.5, 0.6) is 11.5 Å². The quantitative estimate of drug-likeness (QED) is 0.283. The summed E-state index contributed by atoms with van der Waals surface area (Å²) in [6.45, 7) is 6.16. The van der Waals surface area contributed by atoms with Gasteiger partial charge in [-0.25, -0.2) is 0 Å². The van der Waals surface area contributed by atoms with Crippen molar-refractivity contribution >= 4 is 34.7 Å². The number of nitrogens with zero attached hydrogens (tertiary/aromatic N) is 2. The minimum atomic E-state index is -0.452. The number of amides is 2. The van der Waals surface area contributed by atoms with Gasteiger partial charge in [0.1, 0.15) is 6.61 Å². The Hall–Kier alpha value is -3.33. The average molecular weight is 457 g/mol. The van der Waals surface area contributed by atoms with Crippen LogP contribution in [0.2, 0.25) is 0 Å². The predicted octanol–water partition coefficient (Wildman–Crippen LogP) is 5.41. The fraction of sp³-hybridized carbons (Fsp3) is 0.304. The average Bonchev–Trinajstić information content (AvgIpc) is 3.05. The number of imide groups is 1. The molecular weight excluding hydrogens is 432 g/mol. The summed E-state index contributed by atoms with van der Waals surface area (Å²) in [5.41, 5.74) is 1.35. The summed E-state index contributed by atoms with van der Waals surface area (Å²) in [7, 11) is 0. The highest BCUT2D eigenvalue weighted by Gasteiger charge is 2.37. The maximum absolute atomic E-state index is 12.6. The van der Waals surface area contributed by atoms with Crippen LogP contribution < -0.4 is 9.47 Å². The third-order valence-corrected chi connectivity index (χ3v) is 5.82. The Balaban J connectivity index is 1.80. The first kappa shape index (κ1) is 23.3. The second-order valence-electron chi connectivity index (χ2n) is 7.16. The number of nitro groups is 1. The van der Waals surface area contributed by atoms with Crippen molar-refractivity contribution in [2.75, 3.05) is 6.61 Å². The van der Waals surface area contributed by atoms with Crippen molar-refractivity contribution in [3.8, 4) is 11.5 Å². The Morgan fingerprint density at radius 3 is 2.59 bits per heavy atom. The van der Waals surface area contributed by atoms with Crippen molar-refractivity contribution in [2.24, 2.45) is 0 Å². The molecule has 2 aromatic carbocycles. The number of non-ortho nitro benzene ring substituents is 1. The standard InChI is InChI=1S/C23H24N2O6S/c1-4-15(3)24-22(26)21(32-23(24)27)13-16-9-10-19(20(12-16)30-5-2)31-14-17-7-6-8-18(11-17)25(28)29/h6-13,15H,4-5,14H2,1-3H3/b21-13+/t15-/m0/s1. The zero-order valence-electron chi connectivity index (χ0n) is 18.1. The van der Waals surface area contributed by atoms with E-state index in [2.05, 4.69) is 0 Å². The van der Waals surface area contributed by atoms with Crippen molar-refractivity contribution in [3.05, 3.63) is 68.6 Å². The van der Waals surface area contributed by atoms with Crippen LogP contribution in [0.1, 0.15) is 38.3 Å². The molecule has 0 radical (unpaired) electrons. The van der Waals surface area contributed by atoms with Crippen LogP contribution in [-0.2, 0) is 11.4 Å². The number of hydrogen-bond acceptors (Lipinski definition) is 7. The lowest BCUT2D eigenvalue weighted by atomic mass is 10.1. The van der Waals surface area contributed by atoms with E-state index in [0.717, 1.165) is 11.8 Å². The number of benzene rings is 2. The predicted molar refractivity (Wildman–Crippen MR) is 123 cm³/mol. The van der Waals surface area contributed by atoms with Gasteiger partial charge in [-0.2, -0.15) is 0 Å². The van der Waals surface area contributed by atoms with Gasteiger partial charge in [-0.3, -0.25) is 24.6 Å². The van der Waals surface area contributed by atoms with E-state index < -0.39 is 4.92 Å². The summed E-state index contributed by atoms with van der Waals surface area (Å²) < 4.78 is 11.5. The number of carbonyl (C=O) groups is 2. The molecule has 0 saturated carbocycles. The molecule has 0 unspecified atom stereocenters. The van der Waals surface area contributed by atoms with E-state index in [1.165, 1.54) is 17.0 Å². The molecule has 2 aromatic rings. The SMILES string of the molecule is CCOc1cc(/C=C2/SC(=O)N([C@@H](C)CC)C2=O)ccc1OCc1cccc([N+](=O)[O-])c1. The highest BCUT2D eigenvalue weighted by atomic mass is 32.2. The summed E-state index contributed by atoms with van der Waals surface area (Å²) >= 11 is 0.926. The summed E-state index contributed by atoms with van der Waals surface area (Å²) in [6, 6.07) is 11.3. The van der Waals surface area contributed by atoms with Crippen LogP contribution in [0.3, 0.4) is 0 Å². The molecule has 1 atom stereocenters. The molecule has 0 N–H and O–H groups in total. The minimum absolute atomic E-state index is 0.00202. The lowest BCUT2D eigenvalue weighted by Gasteiger charge is -2.19. The maximum atomic E-state index is 12.6. The molecule has 0 bridgehead atoms. The van der Waals surface area contributed by atoms with Gasteiger partial charge in [-0.05, 0) is 61.4 Å². The Morgan fingerprint density at radius 2 is 1.91 bits per heavy atom. The molecule has 0 aromatic heterocycles. The number of ether oxygens (including phenoxy) is 2. The maximum Gasteiger partial charge on any atom is 0.293 e. The van der Waals surface area contributed by atoms with Crippen LogP contribution in [0.15, 0.2) is 47.4 Å². The van der Waals surface area contributed by atoms with Crippen molar-refractivity contribution in [1.82, 2.24) is 4.90 Å². The third kappa shape index (κ3) is 5.28. The first-order valence-corrected chi connectivity index (χ1v) is 11.1. The van der Waals surface area contributed by atoms with E-state index in [9.17, 15) is 19.7 Å². The van der Waals surface area contributed by atoms with Gasteiger partial charge in [0.2, 0.25) is 0 Å². The first-order chi connectivity index (χ1) is 15.3. The van der Waals surface area contributed by atoms with Crippen LogP contribution in [0.25, 0.3) is 6.08 Å². The van der Waals surface area contributed by atoms with Crippen LogP contribution in [0, 0.1) is 10.1 Å². The second kappa shape index (κ2) is 10.3. The van der Waals surface area contributed by atoms with E-state index in [-0.39, 0.29) is 29.5 Å². The van der Waals surface area contributed by atoms with E-state index in [1.54, 1.807) is 36.4 Å². The second-order valence-corrected chi connectivity index (χ2v) is 8.16. The number of nitro benzene ring substituents is 1. The highest BCUT2D eigenvalue weighted by Crippen LogP contribution is 2.36. The normalized spacial score (nSPS) is 15.8. The third-order valence-electron chi connectivity index (χ3n) is 4.94. The molecule has 168 valence electrons. The van der Waals surface area contributed by atoms with Crippen molar-refractivity contribution < 1.29 is 24.0 Å². The van der Waals surface area contributed by atoms with Gasteiger partial charge >= 0.3 is 0 Å². The van der Waals surface area contributed by atoms with Crippen molar-refractivity contribution in [3.63, 3.8) is 0 Å². The molecule has 32 heavy (non-hydrogen) atoms. The van der Waals surface area contributed by atoms with Gasteiger partial charge in [-0.1, -0.05) is 25.1 Å². The van der Waals surface area contributed by atoms with Gasteiger partial charge in [0, 0.05) is 18.2 Å². The molecule has 1 fully saturated rings. The molecule has 1 saturated heterocycles. The Kier molecular flexibility index (Phi) is 7.53. The number of carbonyl (C=O) groups excluding carboxylic acids is 2. The van der Waals surface area contributed by atoms with Gasteiger partial charge in [0.15, 0.2) is 11.5 Å². The Bertz CT molecular complexity index is 1070. The number of rotatable bonds is 9. The monoisotopic (exact) mass is 456 g/mol. The number of thioether (sulfide) groups is 1. The van der Waals surface area contributed by atoms with Gasteiger partial charge < -0.3 is 9.47 Å². The van der Waals surface area contributed by atoms with Crippen molar-refractivity contribution in [1.29, 1.82) is 0 Å². The highest BCUT2D eigenvalue weighted by molar-refractivity contribution is 8.18. The van der Waals surface area contributed by atoms with Gasteiger partial charge in [0.05, 0.1) is 16.4 Å². The van der Waals surface area contributed by atoms with Gasteiger partial charge in [-0.15, -0.1) is 0 Å². The molecule has 1 aliphatic heterocycles. The fourth-order valence-corrected chi connectivity index (χ4v) is 4.05. The largest absolute Gasteiger partial charge is 0.490 e. The molecule has 0 spiro atoms. The summed E-state index contributed by atoms with van der Waals surface area (Å²) in [4.78, 5) is 37.0. The van der Waals surface area contributed by atoms with E-state index in [0.29, 0.717) is 40.6 Å². The van der Waals surface area contributed by atoms with Crippen LogP contribution in [0.4, 0.5) is 10.5 Å². The summed E-state index contributed by atoms with van der Waals surface area (Å²) in [6.07, 6.45) is 2.36.